The molecule has 0 N–H and O–H groups in total. The van der Waals surface area contributed by atoms with Crippen molar-refractivity contribution in [3.63, 3.8) is 0 Å². The second-order valence-electron chi connectivity index (χ2n) is 5.90. The third-order valence-corrected chi connectivity index (χ3v) is 5.07. The molecule has 3 heterocycles. The van der Waals surface area contributed by atoms with Crippen LogP contribution in [0, 0.1) is 11.3 Å². The van der Waals surface area contributed by atoms with Crippen LogP contribution in [-0.2, 0) is 5.41 Å². The molecule has 3 atom stereocenters. The zero-order valence-corrected chi connectivity index (χ0v) is 11.9. The lowest BCUT2D eigenvalue weighted by atomic mass is 9.66. The van der Waals surface area contributed by atoms with Crippen LogP contribution in [0.3, 0.4) is 0 Å². The predicted molar refractivity (Wildman–Crippen MR) is 75.0 cm³/mol. The number of halogens is 1. The standard InChI is InChI=1S/C15H18ClN3/c1-19-13-3-2-4-14(19)7-15(6-13,10-17)11-5-12(16)9-18-8-11/h5,8-9,13-14H,2-4,6-7H2,1H3/t13-,14+,15?. The van der Waals surface area contributed by atoms with E-state index in [9.17, 15) is 5.26 Å². The maximum Gasteiger partial charge on any atom is 0.0867 e. The van der Waals surface area contributed by atoms with Crippen LogP contribution in [0.15, 0.2) is 18.5 Å². The van der Waals surface area contributed by atoms with Crippen molar-refractivity contribution in [3.8, 4) is 6.07 Å². The van der Waals surface area contributed by atoms with Crippen molar-refractivity contribution in [1.82, 2.24) is 9.88 Å². The topological polar surface area (TPSA) is 39.9 Å². The zero-order valence-electron chi connectivity index (χ0n) is 11.1. The zero-order chi connectivity index (χ0) is 13.5. The van der Waals surface area contributed by atoms with Crippen molar-refractivity contribution >= 4 is 11.6 Å². The third kappa shape index (κ3) is 2.13. The Morgan fingerprint density at radius 1 is 1.37 bits per heavy atom. The molecule has 0 amide bonds. The van der Waals surface area contributed by atoms with Gasteiger partial charge in [-0.05, 0) is 44.4 Å². The van der Waals surface area contributed by atoms with E-state index in [0.29, 0.717) is 17.1 Å². The summed E-state index contributed by atoms with van der Waals surface area (Å²) in [6, 6.07) is 5.54. The molecule has 0 spiro atoms. The van der Waals surface area contributed by atoms with Gasteiger partial charge in [-0.15, -0.1) is 0 Å². The molecule has 1 aromatic heterocycles. The van der Waals surface area contributed by atoms with E-state index in [0.717, 1.165) is 18.4 Å². The smallest absolute Gasteiger partial charge is 0.0867 e. The number of fused-ring (bicyclic) bond motifs is 2. The Bertz CT molecular complexity index is 508. The molecule has 0 saturated carbocycles. The molecule has 3 rings (SSSR count). The molecule has 1 unspecified atom stereocenters. The molecule has 19 heavy (non-hydrogen) atoms. The van der Waals surface area contributed by atoms with Gasteiger partial charge < -0.3 is 4.90 Å². The summed E-state index contributed by atoms with van der Waals surface area (Å²) in [5.41, 5.74) is 0.590. The molecule has 2 bridgehead atoms. The molecule has 0 aliphatic carbocycles. The second-order valence-corrected chi connectivity index (χ2v) is 6.33. The van der Waals surface area contributed by atoms with Crippen molar-refractivity contribution in [2.75, 3.05) is 7.05 Å². The Labute approximate surface area is 119 Å². The Balaban J connectivity index is 1.99. The van der Waals surface area contributed by atoms with Gasteiger partial charge >= 0.3 is 0 Å². The molecular formula is C15H18ClN3. The van der Waals surface area contributed by atoms with Gasteiger partial charge in [0, 0.05) is 24.5 Å². The van der Waals surface area contributed by atoms with Gasteiger partial charge in [0.1, 0.15) is 0 Å². The summed E-state index contributed by atoms with van der Waals surface area (Å²) >= 11 is 6.05. The summed E-state index contributed by atoms with van der Waals surface area (Å²) < 4.78 is 0. The average molecular weight is 276 g/mol. The Morgan fingerprint density at radius 2 is 2.05 bits per heavy atom. The van der Waals surface area contributed by atoms with Crippen molar-refractivity contribution in [2.45, 2.75) is 49.6 Å². The van der Waals surface area contributed by atoms with Gasteiger partial charge in [-0.1, -0.05) is 18.0 Å². The fourth-order valence-corrected chi connectivity index (χ4v) is 3.91. The van der Waals surface area contributed by atoms with Crippen LogP contribution in [0.2, 0.25) is 5.02 Å². The fraction of sp³-hybridized carbons (Fsp3) is 0.600. The summed E-state index contributed by atoms with van der Waals surface area (Å²) in [5, 5.41) is 10.4. The van der Waals surface area contributed by atoms with Gasteiger partial charge in [0.2, 0.25) is 0 Å². The Morgan fingerprint density at radius 3 is 2.63 bits per heavy atom. The summed E-state index contributed by atoms with van der Waals surface area (Å²) in [5.74, 6) is 0. The van der Waals surface area contributed by atoms with Crippen LogP contribution in [0.25, 0.3) is 0 Å². The van der Waals surface area contributed by atoms with E-state index in [4.69, 9.17) is 11.6 Å². The largest absolute Gasteiger partial charge is 0.300 e. The van der Waals surface area contributed by atoms with E-state index in [1.165, 1.54) is 19.3 Å². The Kier molecular flexibility index (Phi) is 3.24. The van der Waals surface area contributed by atoms with E-state index in [1.807, 2.05) is 12.3 Å². The maximum absolute atomic E-state index is 9.79. The van der Waals surface area contributed by atoms with Crippen LogP contribution >= 0.6 is 11.6 Å². The number of nitrogens with zero attached hydrogens (tertiary/aromatic N) is 3. The minimum absolute atomic E-state index is 0.403. The molecule has 0 radical (unpaired) electrons. The normalized spacial score (nSPS) is 34.8. The lowest BCUT2D eigenvalue weighted by Gasteiger charge is -2.50. The monoisotopic (exact) mass is 275 g/mol. The van der Waals surface area contributed by atoms with Crippen LogP contribution in [0.4, 0.5) is 0 Å². The highest BCUT2D eigenvalue weighted by atomic mass is 35.5. The molecule has 1 aromatic rings. The molecule has 2 saturated heterocycles. The van der Waals surface area contributed by atoms with E-state index < -0.39 is 5.41 Å². The van der Waals surface area contributed by atoms with Crippen molar-refractivity contribution in [2.24, 2.45) is 0 Å². The van der Waals surface area contributed by atoms with Crippen molar-refractivity contribution in [3.05, 3.63) is 29.0 Å². The second kappa shape index (κ2) is 4.77. The highest BCUT2D eigenvalue weighted by Crippen LogP contribution is 2.45. The number of hydrogen-bond donors (Lipinski definition) is 0. The first-order valence-corrected chi connectivity index (χ1v) is 7.27. The number of rotatable bonds is 1. The molecule has 4 heteroatoms. The molecule has 2 fully saturated rings. The summed E-state index contributed by atoms with van der Waals surface area (Å²) in [4.78, 5) is 6.64. The lowest BCUT2D eigenvalue weighted by Crippen LogP contribution is -2.54. The quantitative estimate of drug-likeness (QED) is 0.790. The number of piperidine rings is 2. The highest BCUT2D eigenvalue weighted by molar-refractivity contribution is 6.30. The minimum atomic E-state index is -0.403. The number of aromatic nitrogens is 1. The number of nitriles is 1. The van der Waals surface area contributed by atoms with Crippen molar-refractivity contribution in [1.29, 1.82) is 5.26 Å². The first-order chi connectivity index (χ1) is 9.14. The predicted octanol–water partition coefficient (Wildman–Crippen LogP) is 3.14. The summed E-state index contributed by atoms with van der Waals surface area (Å²) in [6.45, 7) is 0. The maximum atomic E-state index is 9.79. The van der Waals surface area contributed by atoms with Crippen LogP contribution in [0.1, 0.15) is 37.7 Å². The van der Waals surface area contributed by atoms with Gasteiger partial charge in [0.25, 0.3) is 0 Å². The van der Waals surface area contributed by atoms with E-state index in [1.54, 1.807) is 6.20 Å². The van der Waals surface area contributed by atoms with E-state index >= 15 is 0 Å². The SMILES string of the molecule is CN1[C@@H]2CCC[C@H]1CC(C#N)(c1cncc(Cl)c1)C2. The Hall–Kier alpha value is -1.11. The van der Waals surface area contributed by atoms with Gasteiger partial charge in [-0.25, -0.2) is 0 Å². The van der Waals surface area contributed by atoms with Crippen LogP contribution < -0.4 is 0 Å². The van der Waals surface area contributed by atoms with Crippen LogP contribution in [0.5, 0.6) is 0 Å². The first-order valence-electron chi connectivity index (χ1n) is 6.89. The van der Waals surface area contributed by atoms with Gasteiger partial charge in [0.15, 0.2) is 0 Å². The molecule has 100 valence electrons. The molecular weight excluding hydrogens is 258 g/mol. The van der Waals surface area contributed by atoms with Gasteiger partial charge in [-0.2, -0.15) is 5.26 Å². The number of hydrogen-bond acceptors (Lipinski definition) is 3. The molecule has 3 nitrogen and oxygen atoms in total. The van der Waals surface area contributed by atoms with Crippen molar-refractivity contribution < 1.29 is 0 Å². The molecule has 0 aromatic carbocycles. The average Bonchev–Trinajstić information content (AvgIpc) is 2.39. The lowest BCUT2D eigenvalue weighted by molar-refractivity contribution is 0.0375. The first kappa shape index (κ1) is 12.9. The highest BCUT2D eigenvalue weighted by Gasteiger charge is 2.46. The van der Waals surface area contributed by atoms with E-state index in [-0.39, 0.29) is 0 Å². The van der Waals surface area contributed by atoms with Gasteiger partial charge in [-0.3, -0.25) is 4.98 Å². The van der Waals surface area contributed by atoms with Crippen LogP contribution in [-0.4, -0.2) is 29.0 Å². The summed E-state index contributed by atoms with van der Waals surface area (Å²) in [7, 11) is 2.20. The fourth-order valence-electron chi connectivity index (χ4n) is 3.74. The molecule has 2 aliphatic heterocycles. The van der Waals surface area contributed by atoms with E-state index in [2.05, 4.69) is 23.0 Å². The minimum Gasteiger partial charge on any atom is -0.300 e. The number of pyridine rings is 1. The summed E-state index contributed by atoms with van der Waals surface area (Å²) in [6.07, 6.45) is 8.93. The third-order valence-electron chi connectivity index (χ3n) is 4.87. The van der Waals surface area contributed by atoms with Gasteiger partial charge in [0.05, 0.1) is 16.5 Å². The molecule has 2 aliphatic rings.